The Morgan fingerprint density at radius 1 is 1.43 bits per heavy atom. The first-order valence-corrected chi connectivity index (χ1v) is 5.82. The number of anilines is 1. The Bertz CT molecular complexity index is 704. The Morgan fingerprint density at radius 2 is 2.14 bits per heavy atom. The number of carbonyl (C=O) groups is 1. The van der Waals surface area contributed by atoms with E-state index in [9.17, 15) is 22.8 Å². The summed E-state index contributed by atoms with van der Waals surface area (Å²) >= 11 is 0. The number of aryl methyl sites for hydroxylation is 1. The van der Waals surface area contributed by atoms with Crippen molar-refractivity contribution < 1.29 is 18.0 Å². The minimum absolute atomic E-state index is 0.202. The Hall–Kier alpha value is -2.58. The van der Waals surface area contributed by atoms with Gasteiger partial charge >= 0.3 is 6.18 Å². The Labute approximate surface area is 116 Å². The molecule has 9 heteroatoms. The molecule has 1 amide bonds. The first-order chi connectivity index (χ1) is 9.77. The second kappa shape index (κ2) is 5.43. The van der Waals surface area contributed by atoms with Gasteiger partial charge in [-0.1, -0.05) is 0 Å². The van der Waals surface area contributed by atoms with Crippen LogP contribution < -0.4 is 10.9 Å². The minimum Gasteiger partial charge on any atom is -0.320 e. The highest BCUT2D eigenvalue weighted by Crippen LogP contribution is 2.29. The van der Waals surface area contributed by atoms with Crippen LogP contribution in [0.2, 0.25) is 0 Å². The van der Waals surface area contributed by atoms with Gasteiger partial charge in [-0.05, 0) is 12.1 Å². The number of hydrogen-bond acceptors (Lipinski definition) is 3. The number of aromatic nitrogens is 3. The van der Waals surface area contributed by atoms with Crippen LogP contribution in [0.5, 0.6) is 0 Å². The summed E-state index contributed by atoms with van der Waals surface area (Å²) in [6, 6.07) is 2.21. The predicted octanol–water partition coefficient (Wildman–Crippen LogP) is 1.24. The van der Waals surface area contributed by atoms with Crippen molar-refractivity contribution in [2.75, 3.05) is 5.32 Å². The number of carbonyl (C=O) groups excluding carboxylic acids is 1. The predicted molar refractivity (Wildman–Crippen MR) is 67.5 cm³/mol. The number of hydrogen-bond donors (Lipinski definition) is 1. The second-order valence-electron chi connectivity index (χ2n) is 4.31. The summed E-state index contributed by atoms with van der Waals surface area (Å²) in [5.74, 6) is -0.643. The van der Waals surface area contributed by atoms with Crippen LogP contribution in [0.1, 0.15) is 5.56 Å². The summed E-state index contributed by atoms with van der Waals surface area (Å²) in [4.78, 5) is 23.4. The smallest absolute Gasteiger partial charge is 0.320 e. The fourth-order valence-electron chi connectivity index (χ4n) is 1.69. The van der Waals surface area contributed by atoms with E-state index in [2.05, 4.69) is 10.4 Å². The van der Waals surface area contributed by atoms with E-state index in [0.717, 1.165) is 4.57 Å². The quantitative estimate of drug-likeness (QED) is 0.927. The highest BCUT2D eigenvalue weighted by Gasteiger charge is 2.32. The van der Waals surface area contributed by atoms with Crippen molar-refractivity contribution in [1.82, 2.24) is 14.3 Å². The lowest BCUT2D eigenvalue weighted by Gasteiger charge is -2.11. The Kier molecular flexibility index (Phi) is 3.83. The van der Waals surface area contributed by atoms with Crippen LogP contribution in [0.3, 0.4) is 0 Å². The SMILES string of the molecule is Cn1cc(C(F)(F)F)cc(NC(=O)Cn2cccn2)c1=O. The highest BCUT2D eigenvalue weighted by molar-refractivity contribution is 5.90. The maximum Gasteiger partial charge on any atom is 0.417 e. The van der Waals surface area contributed by atoms with E-state index in [4.69, 9.17) is 0 Å². The van der Waals surface area contributed by atoms with Crippen LogP contribution in [0.25, 0.3) is 0 Å². The molecule has 1 N–H and O–H groups in total. The van der Waals surface area contributed by atoms with Crippen molar-refractivity contribution in [2.45, 2.75) is 12.7 Å². The number of alkyl halides is 3. The lowest BCUT2D eigenvalue weighted by Crippen LogP contribution is -2.27. The van der Waals surface area contributed by atoms with Gasteiger partial charge in [-0.15, -0.1) is 0 Å². The van der Waals surface area contributed by atoms with Crippen molar-refractivity contribution in [3.05, 3.63) is 46.6 Å². The lowest BCUT2D eigenvalue weighted by atomic mass is 10.2. The van der Waals surface area contributed by atoms with E-state index in [-0.39, 0.29) is 6.54 Å². The first kappa shape index (κ1) is 14.8. The van der Waals surface area contributed by atoms with Crippen LogP contribution in [0.15, 0.2) is 35.5 Å². The summed E-state index contributed by atoms with van der Waals surface area (Å²) in [5.41, 5.74) is -2.17. The van der Waals surface area contributed by atoms with E-state index in [1.54, 1.807) is 6.07 Å². The van der Waals surface area contributed by atoms with Gasteiger partial charge in [0, 0.05) is 25.6 Å². The van der Waals surface area contributed by atoms with E-state index in [0.29, 0.717) is 12.3 Å². The Balaban J connectivity index is 2.25. The molecular formula is C12H11F3N4O2. The Morgan fingerprint density at radius 3 is 2.71 bits per heavy atom. The first-order valence-electron chi connectivity index (χ1n) is 5.82. The topological polar surface area (TPSA) is 68.9 Å². The second-order valence-corrected chi connectivity index (χ2v) is 4.31. The molecule has 2 aromatic heterocycles. The van der Waals surface area contributed by atoms with Crippen LogP contribution in [-0.4, -0.2) is 20.3 Å². The molecule has 112 valence electrons. The summed E-state index contributed by atoms with van der Waals surface area (Å²) in [7, 11) is 1.18. The van der Waals surface area contributed by atoms with Gasteiger partial charge in [0.25, 0.3) is 5.56 Å². The molecule has 0 saturated carbocycles. The van der Waals surface area contributed by atoms with Crippen LogP contribution in [0, 0.1) is 0 Å². The van der Waals surface area contributed by atoms with E-state index in [1.807, 2.05) is 0 Å². The van der Waals surface area contributed by atoms with E-state index < -0.39 is 28.9 Å². The molecule has 2 rings (SSSR count). The molecule has 0 fully saturated rings. The van der Waals surface area contributed by atoms with Gasteiger partial charge < -0.3 is 9.88 Å². The molecule has 0 unspecified atom stereocenters. The fraction of sp³-hybridized carbons (Fsp3) is 0.250. The third kappa shape index (κ3) is 3.50. The molecule has 0 bridgehead atoms. The molecule has 0 atom stereocenters. The molecule has 0 saturated heterocycles. The van der Waals surface area contributed by atoms with Gasteiger partial charge in [-0.3, -0.25) is 14.3 Å². The number of halogens is 3. The van der Waals surface area contributed by atoms with Gasteiger partial charge in [0.15, 0.2) is 0 Å². The van der Waals surface area contributed by atoms with Crippen molar-refractivity contribution in [1.29, 1.82) is 0 Å². The van der Waals surface area contributed by atoms with Gasteiger partial charge in [-0.25, -0.2) is 0 Å². The summed E-state index contributed by atoms with van der Waals surface area (Å²) in [5, 5.41) is 5.96. The molecule has 6 nitrogen and oxygen atoms in total. The van der Waals surface area contributed by atoms with E-state index >= 15 is 0 Å². The average molecular weight is 300 g/mol. The zero-order chi connectivity index (χ0) is 15.6. The molecule has 2 aromatic rings. The highest BCUT2D eigenvalue weighted by atomic mass is 19.4. The number of pyridine rings is 1. The molecule has 0 aliphatic rings. The third-order valence-corrected chi connectivity index (χ3v) is 2.65. The van der Waals surface area contributed by atoms with Gasteiger partial charge in [-0.2, -0.15) is 18.3 Å². The molecule has 0 spiro atoms. The van der Waals surface area contributed by atoms with Gasteiger partial charge in [0.2, 0.25) is 5.91 Å². The zero-order valence-corrected chi connectivity index (χ0v) is 10.9. The fourth-order valence-corrected chi connectivity index (χ4v) is 1.69. The molecule has 21 heavy (non-hydrogen) atoms. The van der Waals surface area contributed by atoms with Gasteiger partial charge in [0.05, 0.1) is 5.56 Å². The average Bonchev–Trinajstić information content (AvgIpc) is 2.86. The molecule has 0 aliphatic carbocycles. The van der Waals surface area contributed by atoms with Gasteiger partial charge in [0.1, 0.15) is 12.2 Å². The zero-order valence-electron chi connectivity index (χ0n) is 10.9. The number of nitrogens with zero attached hydrogens (tertiary/aromatic N) is 3. The number of nitrogens with one attached hydrogen (secondary N) is 1. The summed E-state index contributed by atoms with van der Waals surface area (Å²) < 4.78 is 40.1. The summed E-state index contributed by atoms with van der Waals surface area (Å²) in [6.07, 6.45) is -0.960. The molecular weight excluding hydrogens is 289 g/mol. The van der Waals surface area contributed by atoms with Crippen molar-refractivity contribution in [3.63, 3.8) is 0 Å². The molecule has 0 aliphatic heterocycles. The van der Waals surface area contributed by atoms with Crippen molar-refractivity contribution in [2.24, 2.45) is 7.05 Å². The monoisotopic (exact) mass is 300 g/mol. The molecule has 0 aromatic carbocycles. The standard InChI is InChI=1S/C12H11F3N4O2/c1-18-6-8(12(13,14)15)5-9(11(18)21)17-10(20)7-19-4-2-3-16-19/h2-6H,7H2,1H3,(H,17,20). The minimum atomic E-state index is -4.60. The maximum atomic E-state index is 12.7. The molecule has 2 heterocycles. The van der Waals surface area contributed by atoms with Crippen LogP contribution in [-0.2, 0) is 24.6 Å². The van der Waals surface area contributed by atoms with Crippen molar-refractivity contribution in [3.8, 4) is 0 Å². The maximum absolute atomic E-state index is 12.7. The van der Waals surface area contributed by atoms with Crippen LogP contribution >= 0.6 is 0 Å². The lowest BCUT2D eigenvalue weighted by molar-refractivity contribution is -0.138. The van der Waals surface area contributed by atoms with Crippen molar-refractivity contribution >= 4 is 11.6 Å². The number of amides is 1. The third-order valence-electron chi connectivity index (χ3n) is 2.65. The largest absolute Gasteiger partial charge is 0.417 e. The summed E-state index contributed by atoms with van der Waals surface area (Å²) in [6.45, 7) is -0.202. The van der Waals surface area contributed by atoms with Crippen LogP contribution in [0.4, 0.5) is 18.9 Å². The molecule has 0 radical (unpaired) electrons. The normalized spacial score (nSPS) is 11.4. The number of rotatable bonds is 3. The van der Waals surface area contributed by atoms with E-state index in [1.165, 1.54) is 24.1 Å².